The molecule has 0 atom stereocenters. The van der Waals surface area contributed by atoms with Crippen LogP contribution in [0.15, 0.2) is 41.5 Å². The SMILES string of the molecule is O=C(Nc1ccnc2[nH]ncc12)c1ccoc1. The van der Waals surface area contributed by atoms with E-state index in [0.717, 1.165) is 5.39 Å². The second kappa shape index (κ2) is 3.75. The minimum Gasteiger partial charge on any atom is -0.472 e. The summed E-state index contributed by atoms with van der Waals surface area (Å²) in [4.78, 5) is 15.9. The Hall–Kier alpha value is -2.63. The molecule has 0 saturated heterocycles. The highest BCUT2D eigenvalue weighted by molar-refractivity contribution is 6.07. The van der Waals surface area contributed by atoms with Crippen LogP contribution in [-0.2, 0) is 0 Å². The number of nitrogens with zero attached hydrogens (tertiary/aromatic N) is 2. The molecule has 3 heterocycles. The van der Waals surface area contributed by atoms with Gasteiger partial charge in [0.1, 0.15) is 6.26 Å². The van der Waals surface area contributed by atoms with Crippen LogP contribution in [0.5, 0.6) is 0 Å². The van der Waals surface area contributed by atoms with Crippen molar-refractivity contribution in [3.8, 4) is 0 Å². The van der Waals surface area contributed by atoms with Crippen molar-refractivity contribution in [2.24, 2.45) is 0 Å². The summed E-state index contributed by atoms with van der Waals surface area (Å²) in [5.74, 6) is -0.229. The summed E-state index contributed by atoms with van der Waals surface area (Å²) in [7, 11) is 0. The number of hydrogen-bond acceptors (Lipinski definition) is 4. The lowest BCUT2D eigenvalue weighted by atomic mass is 10.2. The third kappa shape index (κ3) is 1.65. The van der Waals surface area contributed by atoms with E-state index in [1.54, 1.807) is 24.5 Å². The lowest BCUT2D eigenvalue weighted by molar-refractivity contribution is 0.102. The Kier molecular flexibility index (Phi) is 2.11. The standard InChI is InChI=1S/C11H8N4O2/c16-11(7-2-4-17-6-7)14-9-1-3-12-10-8(9)5-13-15-10/h1-6H,(H2,12,13,14,15,16). The number of carbonyl (C=O) groups is 1. The average Bonchev–Trinajstić information content (AvgIpc) is 3.00. The monoisotopic (exact) mass is 228 g/mol. The van der Waals surface area contributed by atoms with Gasteiger partial charge in [0, 0.05) is 6.20 Å². The van der Waals surface area contributed by atoms with Crippen LogP contribution in [0.3, 0.4) is 0 Å². The van der Waals surface area contributed by atoms with Crippen LogP contribution >= 0.6 is 0 Å². The molecule has 0 fully saturated rings. The molecule has 3 aromatic rings. The largest absolute Gasteiger partial charge is 0.472 e. The quantitative estimate of drug-likeness (QED) is 0.700. The lowest BCUT2D eigenvalue weighted by Gasteiger charge is -2.03. The first-order valence-electron chi connectivity index (χ1n) is 4.96. The van der Waals surface area contributed by atoms with Gasteiger partial charge in [0.2, 0.25) is 0 Å². The zero-order chi connectivity index (χ0) is 11.7. The molecule has 0 unspecified atom stereocenters. The van der Waals surface area contributed by atoms with Crippen LogP contribution in [0.25, 0.3) is 11.0 Å². The van der Waals surface area contributed by atoms with Crippen LogP contribution < -0.4 is 5.32 Å². The van der Waals surface area contributed by atoms with Gasteiger partial charge < -0.3 is 9.73 Å². The van der Waals surface area contributed by atoms with E-state index in [0.29, 0.717) is 16.9 Å². The molecule has 17 heavy (non-hydrogen) atoms. The number of aromatic nitrogens is 3. The summed E-state index contributed by atoms with van der Waals surface area (Å²) in [6.45, 7) is 0. The maximum absolute atomic E-state index is 11.8. The summed E-state index contributed by atoms with van der Waals surface area (Å²) < 4.78 is 4.85. The van der Waals surface area contributed by atoms with E-state index in [2.05, 4.69) is 20.5 Å². The molecule has 0 aromatic carbocycles. The minimum absolute atomic E-state index is 0.229. The number of fused-ring (bicyclic) bond motifs is 1. The van der Waals surface area contributed by atoms with E-state index < -0.39 is 0 Å². The molecular formula is C11H8N4O2. The molecule has 6 heteroatoms. The minimum atomic E-state index is -0.229. The Balaban J connectivity index is 1.95. The highest BCUT2D eigenvalue weighted by atomic mass is 16.3. The molecule has 0 aliphatic rings. The first-order chi connectivity index (χ1) is 8.34. The molecule has 1 amide bonds. The fraction of sp³-hybridized carbons (Fsp3) is 0. The van der Waals surface area contributed by atoms with Gasteiger partial charge in [-0.1, -0.05) is 0 Å². The first-order valence-corrected chi connectivity index (χ1v) is 4.96. The number of pyridine rings is 1. The van der Waals surface area contributed by atoms with Gasteiger partial charge in [0.15, 0.2) is 5.65 Å². The van der Waals surface area contributed by atoms with Crippen molar-refractivity contribution in [1.29, 1.82) is 0 Å². The van der Waals surface area contributed by atoms with E-state index in [1.165, 1.54) is 12.5 Å². The van der Waals surface area contributed by atoms with Crippen molar-refractivity contribution < 1.29 is 9.21 Å². The molecule has 0 radical (unpaired) electrons. The normalized spacial score (nSPS) is 10.6. The highest BCUT2D eigenvalue weighted by Gasteiger charge is 2.10. The molecule has 0 saturated carbocycles. The molecular weight excluding hydrogens is 220 g/mol. The molecule has 3 aromatic heterocycles. The molecule has 0 aliphatic carbocycles. The molecule has 2 N–H and O–H groups in total. The van der Waals surface area contributed by atoms with Gasteiger partial charge in [0.05, 0.1) is 29.1 Å². The van der Waals surface area contributed by atoms with E-state index in [-0.39, 0.29) is 5.91 Å². The van der Waals surface area contributed by atoms with Gasteiger partial charge in [-0.3, -0.25) is 9.89 Å². The second-order valence-electron chi connectivity index (χ2n) is 3.46. The van der Waals surface area contributed by atoms with Crippen LogP contribution in [0.1, 0.15) is 10.4 Å². The number of hydrogen-bond donors (Lipinski definition) is 2. The topological polar surface area (TPSA) is 83.8 Å². The van der Waals surface area contributed by atoms with Crippen molar-refractivity contribution in [1.82, 2.24) is 15.2 Å². The maximum Gasteiger partial charge on any atom is 0.258 e. The van der Waals surface area contributed by atoms with Crippen LogP contribution in [0, 0.1) is 0 Å². The average molecular weight is 228 g/mol. The Morgan fingerprint density at radius 3 is 3.18 bits per heavy atom. The predicted molar refractivity (Wildman–Crippen MR) is 60.5 cm³/mol. The Morgan fingerprint density at radius 2 is 2.35 bits per heavy atom. The molecule has 3 rings (SSSR count). The van der Waals surface area contributed by atoms with Gasteiger partial charge in [-0.25, -0.2) is 4.98 Å². The number of aromatic amines is 1. The number of nitrogens with one attached hydrogen (secondary N) is 2. The number of amides is 1. The fourth-order valence-electron chi connectivity index (χ4n) is 1.55. The van der Waals surface area contributed by atoms with Crippen molar-refractivity contribution in [3.05, 3.63) is 42.6 Å². The third-order valence-electron chi connectivity index (χ3n) is 2.39. The summed E-state index contributed by atoms with van der Waals surface area (Å²) in [5, 5.41) is 10.2. The van der Waals surface area contributed by atoms with E-state index >= 15 is 0 Å². The number of furan rings is 1. The summed E-state index contributed by atoms with van der Waals surface area (Å²) in [5.41, 5.74) is 1.77. The highest BCUT2D eigenvalue weighted by Crippen LogP contribution is 2.19. The lowest BCUT2D eigenvalue weighted by Crippen LogP contribution is -2.11. The van der Waals surface area contributed by atoms with Gasteiger partial charge in [-0.2, -0.15) is 5.10 Å². The number of rotatable bonds is 2. The molecule has 0 bridgehead atoms. The number of carbonyl (C=O) groups excluding carboxylic acids is 1. The maximum atomic E-state index is 11.8. The second-order valence-corrected chi connectivity index (χ2v) is 3.46. The van der Waals surface area contributed by atoms with Gasteiger partial charge in [-0.15, -0.1) is 0 Å². The summed E-state index contributed by atoms with van der Waals surface area (Å²) >= 11 is 0. The molecule has 6 nitrogen and oxygen atoms in total. The van der Waals surface area contributed by atoms with Crippen LogP contribution in [0.2, 0.25) is 0 Å². The third-order valence-corrected chi connectivity index (χ3v) is 2.39. The number of anilines is 1. The smallest absolute Gasteiger partial charge is 0.258 e. The zero-order valence-corrected chi connectivity index (χ0v) is 8.68. The van der Waals surface area contributed by atoms with Crippen LogP contribution in [0.4, 0.5) is 5.69 Å². The van der Waals surface area contributed by atoms with Gasteiger partial charge in [-0.05, 0) is 12.1 Å². The molecule has 0 spiro atoms. The van der Waals surface area contributed by atoms with E-state index in [4.69, 9.17) is 4.42 Å². The van der Waals surface area contributed by atoms with Gasteiger partial charge in [0.25, 0.3) is 5.91 Å². The van der Waals surface area contributed by atoms with E-state index in [1.807, 2.05) is 0 Å². The first kappa shape index (κ1) is 9.59. The Labute approximate surface area is 95.7 Å². The Bertz CT molecular complexity index is 657. The predicted octanol–water partition coefficient (Wildman–Crippen LogP) is 1.80. The summed E-state index contributed by atoms with van der Waals surface area (Å²) in [6.07, 6.45) is 6.07. The van der Waals surface area contributed by atoms with Crippen molar-refractivity contribution in [3.63, 3.8) is 0 Å². The molecule has 0 aliphatic heterocycles. The Morgan fingerprint density at radius 1 is 1.41 bits per heavy atom. The fourth-order valence-corrected chi connectivity index (χ4v) is 1.55. The van der Waals surface area contributed by atoms with E-state index in [9.17, 15) is 4.79 Å². The number of H-pyrrole nitrogens is 1. The van der Waals surface area contributed by atoms with Crippen molar-refractivity contribution in [2.45, 2.75) is 0 Å². The van der Waals surface area contributed by atoms with Crippen LogP contribution in [-0.4, -0.2) is 21.1 Å². The summed E-state index contributed by atoms with van der Waals surface area (Å²) in [6, 6.07) is 3.32. The van der Waals surface area contributed by atoms with Crippen molar-refractivity contribution >= 4 is 22.6 Å². The van der Waals surface area contributed by atoms with Crippen molar-refractivity contribution in [2.75, 3.05) is 5.32 Å². The molecule has 84 valence electrons. The van der Waals surface area contributed by atoms with Gasteiger partial charge >= 0.3 is 0 Å². The zero-order valence-electron chi connectivity index (χ0n) is 8.68.